The van der Waals surface area contributed by atoms with Crippen LogP contribution in [0, 0.1) is 5.82 Å². The van der Waals surface area contributed by atoms with Gasteiger partial charge in [0.05, 0.1) is 12.7 Å². The molecule has 0 amide bonds. The number of carbonyl (C=O) groups excluding carboxylic acids is 1. The Morgan fingerprint density at radius 3 is 2.41 bits per heavy atom. The molecule has 0 heterocycles. The van der Waals surface area contributed by atoms with Gasteiger partial charge in [-0.05, 0) is 54.1 Å². The van der Waals surface area contributed by atoms with Crippen LogP contribution in [0.3, 0.4) is 0 Å². The maximum Gasteiger partial charge on any atom is 0.365 e. The number of hydrogen-bond acceptors (Lipinski definition) is 5. The summed E-state index contributed by atoms with van der Waals surface area (Å²) in [5.74, 6) is 0.113. The molecule has 3 aromatic rings. The predicted molar refractivity (Wildman–Crippen MR) is 106 cm³/mol. The van der Waals surface area contributed by atoms with Gasteiger partial charge in [0.1, 0.15) is 12.4 Å². The molecule has 7 heteroatoms. The summed E-state index contributed by atoms with van der Waals surface area (Å²) >= 11 is 0. The molecule has 29 heavy (non-hydrogen) atoms. The number of carbonyl (C=O) groups is 1. The van der Waals surface area contributed by atoms with Gasteiger partial charge in [-0.2, -0.15) is 0 Å². The van der Waals surface area contributed by atoms with E-state index in [1.807, 2.05) is 18.2 Å². The van der Waals surface area contributed by atoms with Gasteiger partial charge in [0, 0.05) is 5.56 Å². The molecule has 0 aliphatic heterocycles. The molecule has 0 fully saturated rings. The molecule has 0 bridgehead atoms. The Kier molecular flexibility index (Phi) is 6.42. The van der Waals surface area contributed by atoms with Gasteiger partial charge < -0.3 is 20.0 Å². The Morgan fingerprint density at radius 1 is 0.966 bits per heavy atom. The van der Waals surface area contributed by atoms with Crippen LogP contribution < -0.4 is 15.2 Å². The van der Waals surface area contributed by atoms with E-state index in [9.17, 15) is 9.18 Å². The fourth-order valence-electron chi connectivity index (χ4n) is 2.50. The molecule has 3 aromatic carbocycles. The summed E-state index contributed by atoms with van der Waals surface area (Å²) in [6.07, 6.45) is 0. The zero-order valence-electron chi connectivity index (χ0n) is 15.7. The van der Waals surface area contributed by atoms with Crippen LogP contribution in [-0.4, -0.2) is 18.9 Å². The van der Waals surface area contributed by atoms with Gasteiger partial charge in [0.15, 0.2) is 17.3 Å². The Labute approximate surface area is 167 Å². The van der Waals surface area contributed by atoms with Gasteiger partial charge in [-0.3, -0.25) is 0 Å². The summed E-state index contributed by atoms with van der Waals surface area (Å²) in [4.78, 5) is 17.2. The quantitative estimate of drug-likeness (QED) is 0.284. The number of rotatable bonds is 7. The highest BCUT2D eigenvalue weighted by Crippen LogP contribution is 2.26. The maximum absolute atomic E-state index is 13.0. The first-order chi connectivity index (χ1) is 14.1. The third-order valence-corrected chi connectivity index (χ3v) is 3.99. The third-order valence-electron chi connectivity index (χ3n) is 3.99. The summed E-state index contributed by atoms with van der Waals surface area (Å²) in [5, 5.41) is 3.62. The minimum atomic E-state index is -0.672. The van der Waals surface area contributed by atoms with Crippen molar-refractivity contribution in [2.75, 3.05) is 7.11 Å². The van der Waals surface area contributed by atoms with Crippen LogP contribution in [0.15, 0.2) is 78.0 Å². The standard InChI is InChI=1S/C22H19FN2O4/c1-27-19-7-2-3-8-20(19)28-14-15-5-4-6-17(13-15)22(26)29-25-21(24)16-9-11-18(23)12-10-16/h2-13H,14H2,1H3,(H2,24,25). The van der Waals surface area contributed by atoms with Crippen molar-refractivity contribution in [1.29, 1.82) is 0 Å². The number of methoxy groups -OCH3 is 1. The number of nitrogens with two attached hydrogens (primary N) is 1. The van der Waals surface area contributed by atoms with E-state index < -0.39 is 11.8 Å². The van der Waals surface area contributed by atoms with Crippen molar-refractivity contribution in [1.82, 2.24) is 0 Å². The monoisotopic (exact) mass is 394 g/mol. The van der Waals surface area contributed by atoms with E-state index in [0.29, 0.717) is 22.6 Å². The van der Waals surface area contributed by atoms with Crippen molar-refractivity contribution in [3.63, 3.8) is 0 Å². The van der Waals surface area contributed by atoms with E-state index >= 15 is 0 Å². The fourth-order valence-corrected chi connectivity index (χ4v) is 2.50. The van der Waals surface area contributed by atoms with E-state index in [1.54, 1.807) is 37.4 Å². The van der Waals surface area contributed by atoms with Crippen LogP contribution in [0.2, 0.25) is 0 Å². The predicted octanol–water partition coefficient (Wildman–Crippen LogP) is 3.89. The first kappa shape index (κ1) is 19.9. The lowest BCUT2D eigenvalue weighted by atomic mass is 10.1. The Hall–Kier alpha value is -3.87. The minimum Gasteiger partial charge on any atom is -0.493 e. The normalized spacial score (nSPS) is 11.0. The molecular weight excluding hydrogens is 375 g/mol. The SMILES string of the molecule is COc1ccccc1OCc1cccc(C(=O)O/N=C(\N)c2ccc(F)cc2)c1. The molecule has 0 spiro atoms. The lowest BCUT2D eigenvalue weighted by molar-refractivity contribution is 0.0516. The summed E-state index contributed by atoms with van der Waals surface area (Å²) in [6, 6.07) is 19.4. The van der Waals surface area contributed by atoms with E-state index in [0.717, 1.165) is 5.56 Å². The molecule has 2 N–H and O–H groups in total. The van der Waals surface area contributed by atoms with E-state index in [4.69, 9.17) is 20.0 Å². The van der Waals surface area contributed by atoms with Gasteiger partial charge in [-0.25, -0.2) is 9.18 Å². The highest BCUT2D eigenvalue weighted by Gasteiger charge is 2.10. The van der Waals surface area contributed by atoms with Crippen LogP contribution in [0.1, 0.15) is 21.5 Å². The number of benzene rings is 3. The molecule has 0 aliphatic carbocycles. The number of para-hydroxylation sites is 2. The van der Waals surface area contributed by atoms with Crippen LogP contribution in [0.25, 0.3) is 0 Å². The van der Waals surface area contributed by atoms with Crippen molar-refractivity contribution >= 4 is 11.8 Å². The fraction of sp³-hybridized carbons (Fsp3) is 0.0909. The summed E-state index contributed by atoms with van der Waals surface area (Å²) in [6.45, 7) is 0.239. The molecule has 148 valence electrons. The zero-order valence-corrected chi connectivity index (χ0v) is 15.7. The molecular formula is C22H19FN2O4. The van der Waals surface area contributed by atoms with E-state index in [2.05, 4.69) is 5.16 Å². The van der Waals surface area contributed by atoms with Crippen molar-refractivity contribution < 1.29 is 23.5 Å². The molecule has 0 aliphatic rings. The highest BCUT2D eigenvalue weighted by molar-refractivity contribution is 5.98. The highest BCUT2D eigenvalue weighted by atomic mass is 19.1. The molecule has 6 nitrogen and oxygen atoms in total. The second-order valence-corrected chi connectivity index (χ2v) is 6.00. The first-order valence-corrected chi connectivity index (χ1v) is 8.72. The Morgan fingerprint density at radius 2 is 1.69 bits per heavy atom. The molecule has 0 saturated heterocycles. The summed E-state index contributed by atoms with van der Waals surface area (Å²) < 4.78 is 24.0. The number of oxime groups is 1. The summed E-state index contributed by atoms with van der Waals surface area (Å²) in [7, 11) is 1.57. The molecule has 0 unspecified atom stereocenters. The number of halogens is 1. The topological polar surface area (TPSA) is 83.1 Å². The summed E-state index contributed by atoms with van der Waals surface area (Å²) in [5.41, 5.74) is 7.26. The van der Waals surface area contributed by atoms with Gasteiger partial charge >= 0.3 is 5.97 Å². The van der Waals surface area contributed by atoms with Gasteiger partial charge in [0.25, 0.3) is 0 Å². The van der Waals surface area contributed by atoms with Gasteiger partial charge in [0.2, 0.25) is 0 Å². The average molecular weight is 394 g/mol. The molecule has 0 atom stereocenters. The average Bonchev–Trinajstić information content (AvgIpc) is 2.76. The first-order valence-electron chi connectivity index (χ1n) is 8.72. The van der Waals surface area contributed by atoms with Crippen LogP contribution >= 0.6 is 0 Å². The number of ether oxygens (including phenoxy) is 2. The minimum absolute atomic E-state index is 0.0333. The smallest absolute Gasteiger partial charge is 0.365 e. The van der Waals surface area contributed by atoms with Gasteiger partial charge in [-0.1, -0.05) is 29.4 Å². The van der Waals surface area contributed by atoms with Crippen LogP contribution in [0.5, 0.6) is 11.5 Å². The number of hydrogen-bond donors (Lipinski definition) is 1. The third kappa shape index (κ3) is 5.32. The zero-order chi connectivity index (χ0) is 20.6. The van der Waals surface area contributed by atoms with Gasteiger partial charge in [-0.15, -0.1) is 0 Å². The van der Waals surface area contributed by atoms with Crippen molar-refractivity contribution in [3.8, 4) is 11.5 Å². The van der Waals surface area contributed by atoms with E-state index in [-0.39, 0.29) is 12.4 Å². The van der Waals surface area contributed by atoms with Crippen LogP contribution in [0.4, 0.5) is 4.39 Å². The van der Waals surface area contributed by atoms with Crippen molar-refractivity contribution in [2.24, 2.45) is 10.9 Å². The molecule has 0 saturated carbocycles. The van der Waals surface area contributed by atoms with Crippen LogP contribution in [-0.2, 0) is 11.4 Å². The number of amidine groups is 1. The Balaban J connectivity index is 1.64. The second-order valence-electron chi connectivity index (χ2n) is 6.00. The van der Waals surface area contributed by atoms with Crippen molar-refractivity contribution in [3.05, 3.63) is 95.3 Å². The molecule has 3 rings (SSSR count). The largest absolute Gasteiger partial charge is 0.493 e. The number of nitrogens with zero attached hydrogens (tertiary/aromatic N) is 1. The van der Waals surface area contributed by atoms with E-state index in [1.165, 1.54) is 24.3 Å². The Bertz CT molecular complexity index is 1020. The lowest BCUT2D eigenvalue weighted by Crippen LogP contribution is -2.15. The lowest BCUT2D eigenvalue weighted by Gasteiger charge is -2.10. The maximum atomic E-state index is 13.0. The van der Waals surface area contributed by atoms with Crippen molar-refractivity contribution in [2.45, 2.75) is 6.61 Å². The second kappa shape index (κ2) is 9.36. The molecule has 0 radical (unpaired) electrons. The molecule has 0 aromatic heterocycles.